The highest BCUT2D eigenvalue weighted by molar-refractivity contribution is 7.80. The largest absolute Gasteiger partial charge is 0.392 e. The lowest BCUT2D eigenvalue weighted by Gasteiger charge is -2.34. The van der Waals surface area contributed by atoms with Crippen LogP contribution in [0.3, 0.4) is 0 Å². The molecule has 1 aromatic rings. The van der Waals surface area contributed by atoms with Crippen molar-refractivity contribution in [1.29, 1.82) is 0 Å². The molecule has 0 radical (unpaired) electrons. The van der Waals surface area contributed by atoms with Crippen molar-refractivity contribution in [3.8, 4) is 0 Å². The van der Waals surface area contributed by atoms with Crippen molar-refractivity contribution < 1.29 is 0 Å². The first kappa shape index (κ1) is 13.5. The summed E-state index contributed by atoms with van der Waals surface area (Å²) in [5, 5.41) is 4.19. The first-order valence-corrected chi connectivity index (χ1v) is 6.76. The molecule has 1 aliphatic rings. The maximum Gasteiger partial charge on any atom is 0.0870 e. The molecule has 1 aliphatic heterocycles. The van der Waals surface area contributed by atoms with Crippen LogP contribution in [0.2, 0.25) is 0 Å². The highest BCUT2D eigenvalue weighted by Crippen LogP contribution is 2.04. The number of nitrogens with zero attached hydrogens (tertiary/aromatic N) is 4. The second kappa shape index (κ2) is 6.26. The molecule has 18 heavy (non-hydrogen) atoms. The molecular formula is C12H21N5S. The molecule has 0 amide bonds. The van der Waals surface area contributed by atoms with Gasteiger partial charge in [-0.15, -0.1) is 0 Å². The molecular weight excluding hydrogens is 246 g/mol. The van der Waals surface area contributed by atoms with Crippen molar-refractivity contribution in [3.63, 3.8) is 0 Å². The molecule has 1 aromatic heterocycles. The van der Waals surface area contributed by atoms with E-state index in [9.17, 15) is 0 Å². The molecule has 1 fully saturated rings. The van der Waals surface area contributed by atoms with E-state index in [0.29, 0.717) is 4.99 Å². The lowest BCUT2D eigenvalue weighted by atomic mass is 10.2. The third kappa shape index (κ3) is 3.76. The van der Waals surface area contributed by atoms with Gasteiger partial charge in [-0.25, -0.2) is 0 Å². The van der Waals surface area contributed by atoms with Gasteiger partial charge in [0.2, 0.25) is 0 Å². The van der Waals surface area contributed by atoms with Crippen LogP contribution in [0.15, 0.2) is 12.3 Å². The molecule has 0 aromatic carbocycles. The number of hydrogen-bond donors (Lipinski definition) is 1. The molecule has 0 bridgehead atoms. The molecule has 0 saturated carbocycles. The monoisotopic (exact) mass is 267 g/mol. The van der Waals surface area contributed by atoms with Crippen LogP contribution in [-0.2, 0) is 13.5 Å². The van der Waals surface area contributed by atoms with Crippen molar-refractivity contribution in [3.05, 3.63) is 18.0 Å². The molecule has 0 spiro atoms. The molecule has 5 nitrogen and oxygen atoms in total. The molecule has 0 atom stereocenters. The zero-order valence-electron chi connectivity index (χ0n) is 10.9. The van der Waals surface area contributed by atoms with E-state index in [1.165, 1.54) is 5.69 Å². The Hall–Kier alpha value is -0.980. The quantitative estimate of drug-likeness (QED) is 0.753. The summed E-state index contributed by atoms with van der Waals surface area (Å²) in [6.07, 6.45) is 2.92. The van der Waals surface area contributed by atoms with Crippen LogP contribution in [0.4, 0.5) is 0 Å². The predicted octanol–water partition coefficient (Wildman–Crippen LogP) is -0.134. The molecule has 6 heteroatoms. The fourth-order valence-electron chi connectivity index (χ4n) is 2.31. The van der Waals surface area contributed by atoms with E-state index in [2.05, 4.69) is 21.0 Å². The van der Waals surface area contributed by atoms with E-state index in [0.717, 1.165) is 45.7 Å². The number of nitrogens with two attached hydrogens (primary N) is 1. The van der Waals surface area contributed by atoms with Crippen molar-refractivity contribution >= 4 is 17.2 Å². The molecule has 100 valence electrons. The predicted molar refractivity (Wildman–Crippen MR) is 76.6 cm³/mol. The second-order valence-electron chi connectivity index (χ2n) is 4.78. The SMILES string of the molecule is Cn1nccc1CCN1CCN(CC(N)=S)CC1. The molecule has 2 heterocycles. The molecule has 1 saturated heterocycles. The number of hydrogen-bond acceptors (Lipinski definition) is 4. The number of rotatable bonds is 5. The maximum absolute atomic E-state index is 5.56. The number of aryl methyl sites for hydroxylation is 1. The highest BCUT2D eigenvalue weighted by Gasteiger charge is 2.17. The summed E-state index contributed by atoms with van der Waals surface area (Å²) in [5.41, 5.74) is 6.86. The number of piperazine rings is 1. The van der Waals surface area contributed by atoms with E-state index in [-0.39, 0.29) is 0 Å². The Labute approximate surface area is 114 Å². The summed E-state index contributed by atoms with van der Waals surface area (Å²) < 4.78 is 1.95. The first-order valence-electron chi connectivity index (χ1n) is 6.35. The van der Waals surface area contributed by atoms with Crippen LogP contribution in [0.5, 0.6) is 0 Å². The van der Waals surface area contributed by atoms with Gasteiger partial charge in [0, 0.05) is 64.6 Å². The van der Waals surface area contributed by atoms with E-state index in [1.54, 1.807) is 0 Å². The van der Waals surface area contributed by atoms with Gasteiger partial charge < -0.3 is 10.6 Å². The zero-order chi connectivity index (χ0) is 13.0. The maximum atomic E-state index is 5.56. The van der Waals surface area contributed by atoms with Crippen LogP contribution in [0.1, 0.15) is 5.69 Å². The van der Waals surface area contributed by atoms with Gasteiger partial charge in [0.05, 0.1) is 4.99 Å². The Morgan fingerprint density at radius 1 is 1.33 bits per heavy atom. The Bertz CT molecular complexity index is 395. The average Bonchev–Trinajstić information content (AvgIpc) is 2.73. The van der Waals surface area contributed by atoms with Gasteiger partial charge in [-0.2, -0.15) is 5.10 Å². The van der Waals surface area contributed by atoms with Crippen LogP contribution in [-0.4, -0.2) is 63.8 Å². The second-order valence-corrected chi connectivity index (χ2v) is 5.30. The third-order valence-electron chi connectivity index (χ3n) is 3.45. The fraction of sp³-hybridized carbons (Fsp3) is 0.667. The Balaban J connectivity index is 1.71. The minimum atomic E-state index is 0.596. The van der Waals surface area contributed by atoms with Gasteiger partial charge >= 0.3 is 0 Å². The van der Waals surface area contributed by atoms with Gasteiger partial charge in [0.25, 0.3) is 0 Å². The van der Waals surface area contributed by atoms with Crippen LogP contribution >= 0.6 is 12.2 Å². The highest BCUT2D eigenvalue weighted by atomic mass is 32.1. The molecule has 0 aliphatic carbocycles. The summed E-state index contributed by atoms with van der Waals surface area (Å²) in [7, 11) is 2.00. The van der Waals surface area contributed by atoms with Crippen molar-refractivity contribution in [2.45, 2.75) is 6.42 Å². The van der Waals surface area contributed by atoms with E-state index >= 15 is 0 Å². The van der Waals surface area contributed by atoms with Gasteiger partial charge in [-0.05, 0) is 6.07 Å². The Morgan fingerprint density at radius 2 is 2.00 bits per heavy atom. The molecule has 0 unspecified atom stereocenters. The molecule has 2 N–H and O–H groups in total. The van der Waals surface area contributed by atoms with Crippen LogP contribution in [0.25, 0.3) is 0 Å². The minimum absolute atomic E-state index is 0.596. The van der Waals surface area contributed by atoms with Crippen LogP contribution in [0, 0.1) is 0 Å². The standard InChI is InChI=1S/C12H21N5S/c1-15-11(2-4-14-15)3-5-16-6-8-17(9-7-16)10-12(13)18/h2,4H,3,5-10H2,1H3,(H2,13,18). The number of thiocarbonyl (C=S) groups is 1. The van der Waals surface area contributed by atoms with Crippen LogP contribution < -0.4 is 5.73 Å². The van der Waals surface area contributed by atoms with E-state index in [4.69, 9.17) is 18.0 Å². The van der Waals surface area contributed by atoms with Crippen molar-refractivity contribution in [2.75, 3.05) is 39.3 Å². The third-order valence-corrected chi connectivity index (χ3v) is 3.58. The van der Waals surface area contributed by atoms with Gasteiger partial charge in [-0.1, -0.05) is 12.2 Å². The summed E-state index contributed by atoms with van der Waals surface area (Å²) in [6, 6.07) is 2.09. The lowest BCUT2D eigenvalue weighted by Crippen LogP contribution is -2.48. The van der Waals surface area contributed by atoms with Crippen molar-refractivity contribution in [1.82, 2.24) is 19.6 Å². The number of aromatic nitrogens is 2. The Kier molecular flexibility index (Phi) is 4.68. The van der Waals surface area contributed by atoms with Gasteiger partial charge in [0.15, 0.2) is 0 Å². The molecule has 2 rings (SSSR count). The Morgan fingerprint density at radius 3 is 2.56 bits per heavy atom. The van der Waals surface area contributed by atoms with Crippen molar-refractivity contribution in [2.24, 2.45) is 12.8 Å². The lowest BCUT2D eigenvalue weighted by molar-refractivity contribution is 0.146. The van der Waals surface area contributed by atoms with E-state index < -0.39 is 0 Å². The summed E-state index contributed by atoms with van der Waals surface area (Å²) in [4.78, 5) is 5.41. The van der Waals surface area contributed by atoms with Gasteiger partial charge in [-0.3, -0.25) is 9.58 Å². The van der Waals surface area contributed by atoms with E-state index in [1.807, 2.05) is 17.9 Å². The minimum Gasteiger partial charge on any atom is -0.392 e. The average molecular weight is 267 g/mol. The zero-order valence-corrected chi connectivity index (χ0v) is 11.7. The summed E-state index contributed by atoms with van der Waals surface area (Å²) in [5.74, 6) is 0. The first-order chi connectivity index (χ1) is 8.65. The van der Waals surface area contributed by atoms with Gasteiger partial charge in [0.1, 0.15) is 0 Å². The fourth-order valence-corrected chi connectivity index (χ4v) is 2.49. The normalized spacial score (nSPS) is 18.1. The summed E-state index contributed by atoms with van der Waals surface area (Å²) in [6.45, 7) is 6.16. The topological polar surface area (TPSA) is 50.3 Å². The summed E-state index contributed by atoms with van der Waals surface area (Å²) >= 11 is 4.94. The smallest absolute Gasteiger partial charge is 0.0870 e.